The van der Waals surface area contributed by atoms with Gasteiger partial charge in [-0.15, -0.1) is 0 Å². The van der Waals surface area contributed by atoms with E-state index >= 15 is 0 Å². The molecule has 2 nitrogen and oxygen atoms in total. The molecule has 1 aromatic rings. The maximum Gasteiger partial charge on any atom is 0.0576 e. The van der Waals surface area contributed by atoms with E-state index in [2.05, 4.69) is 45.5 Å². The molecule has 100 valence electrons. The Morgan fingerprint density at radius 2 is 2.28 bits per heavy atom. The zero-order valence-electron chi connectivity index (χ0n) is 11.0. The van der Waals surface area contributed by atoms with E-state index in [1.54, 1.807) is 0 Å². The van der Waals surface area contributed by atoms with E-state index in [-0.39, 0.29) is 0 Å². The predicted octanol–water partition coefficient (Wildman–Crippen LogP) is 3.71. The Morgan fingerprint density at radius 3 is 2.94 bits per heavy atom. The first-order valence-electron chi connectivity index (χ1n) is 6.82. The van der Waals surface area contributed by atoms with Crippen LogP contribution in [0.15, 0.2) is 28.7 Å². The zero-order chi connectivity index (χ0) is 12.8. The Kier molecular flexibility index (Phi) is 5.67. The molecule has 1 aliphatic rings. The Morgan fingerprint density at radius 1 is 1.44 bits per heavy atom. The van der Waals surface area contributed by atoms with E-state index in [0.717, 1.165) is 13.2 Å². The molecule has 18 heavy (non-hydrogen) atoms. The van der Waals surface area contributed by atoms with Crippen LogP contribution in [0.1, 0.15) is 37.2 Å². The number of benzene rings is 1. The van der Waals surface area contributed by atoms with Crippen LogP contribution in [-0.2, 0) is 4.74 Å². The van der Waals surface area contributed by atoms with Gasteiger partial charge in [0.15, 0.2) is 0 Å². The van der Waals surface area contributed by atoms with Gasteiger partial charge in [0, 0.05) is 17.6 Å². The van der Waals surface area contributed by atoms with E-state index < -0.39 is 0 Å². The van der Waals surface area contributed by atoms with Crippen molar-refractivity contribution in [1.29, 1.82) is 0 Å². The minimum Gasteiger partial charge on any atom is -0.378 e. The average Bonchev–Trinajstić information content (AvgIpc) is 2.88. The average molecular weight is 312 g/mol. The number of rotatable bonds is 6. The summed E-state index contributed by atoms with van der Waals surface area (Å²) < 4.78 is 6.94. The molecule has 1 N–H and O–H groups in total. The molecule has 0 amide bonds. The predicted molar refractivity (Wildman–Crippen MR) is 79.0 cm³/mol. The smallest absolute Gasteiger partial charge is 0.0576 e. The van der Waals surface area contributed by atoms with Crippen molar-refractivity contribution in [2.45, 2.75) is 37.7 Å². The van der Waals surface area contributed by atoms with E-state index in [0.29, 0.717) is 12.0 Å². The van der Waals surface area contributed by atoms with Crippen LogP contribution in [0.4, 0.5) is 0 Å². The minimum absolute atomic E-state index is 0.492. The fourth-order valence-corrected chi connectivity index (χ4v) is 3.29. The Balaban J connectivity index is 1.96. The molecule has 1 aliphatic heterocycles. The molecule has 0 bridgehead atoms. The maximum absolute atomic E-state index is 5.72. The normalized spacial score (nSPS) is 21.1. The molecule has 1 aromatic carbocycles. The highest BCUT2D eigenvalue weighted by molar-refractivity contribution is 9.10. The molecule has 2 atom stereocenters. The minimum atomic E-state index is 0.492. The van der Waals surface area contributed by atoms with Crippen LogP contribution in [-0.4, -0.2) is 26.3 Å². The van der Waals surface area contributed by atoms with Crippen molar-refractivity contribution in [2.24, 2.45) is 0 Å². The van der Waals surface area contributed by atoms with Crippen molar-refractivity contribution in [3.63, 3.8) is 0 Å². The van der Waals surface area contributed by atoms with Crippen molar-refractivity contribution in [2.75, 3.05) is 20.2 Å². The molecular weight excluding hydrogens is 290 g/mol. The molecule has 0 aromatic heterocycles. The Bertz CT molecular complexity index is 363. The van der Waals surface area contributed by atoms with Gasteiger partial charge >= 0.3 is 0 Å². The molecule has 2 rings (SSSR count). The van der Waals surface area contributed by atoms with Crippen molar-refractivity contribution < 1.29 is 4.74 Å². The van der Waals surface area contributed by atoms with Crippen molar-refractivity contribution in [1.82, 2.24) is 5.32 Å². The summed E-state index contributed by atoms with van der Waals surface area (Å²) in [5.41, 5.74) is 1.41. The van der Waals surface area contributed by atoms with Gasteiger partial charge in [0.2, 0.25) is 0 Å². The first-order valence-corrected chi connectivity index (χ1v) is 7.61. The third-order valence-corrected chi connectivity index (χ3v) is 4.38. The van der Waals surface area contributed by atoms with E-state index in [1.165, 1.54) is 35.7 Å². The number of nitrogens with one attached hydrogen (secondary N) is 1. The first kappa shape index (κ1) is 14.0. The van der Waals surface area contributed by atoms with Gasteiger partial charge in [0.25, 0.3) is 0 Å². The molecule has 0 spiro atoms. The second-order valence-corrected chi connectivity index (χ2v) is 5.84. The van der Waals surface area contributed by atoms with Crippen molar-refractivity contribution in [3.05, 3.63) is 34.3 Å². The maximum atomic E-state index is 5.72. The monoisotopic (exact) mass is 311 g/mol. The molecular formula is C15H22BrNO. The third kappa shape index (κ3) is 3.81. The van der Waals surface area contributed by atoms with Crippen LogP contribution in [0.2, 0.25) is 0 Å². The summed E-state index contributed by atoms with van der Waals surface area (Å²) in [5, 5.41) is 3.31. The molecule has 0 saturated carbocycles. The highest BCUT2D eigenvalue weighted by Gasteiger charge is 2.19. The fourth-order valence-electron chi connectivity index (χ4n) is 2.68. The zero-order valence-corrected chi connectivity index (χ0v) is 12.6. The quantitative estimate of drug-likeness (QED) is 0.864. The van der Waals surface area contributed by atoms with E-state index in [4.69, 9.17) is 4.74 Å². The van der Waals surface area contributed by atoms with Crippen molar-refractivity contribution in [3.8, 4) is 0 Å². The summed E-state index contributed by atoms with van der Waals surface area (Å²) in [4.78, 5) is 0. The highest BCUT2D eigenvalue weighted by atomic mass is 79.9. The van der Waals surface area contributed by atoms with Gasteiger partial charge < -0.3 is 10.1 Å². The molecule has 3 heteroatoms. The number of hydrogen-bond donors (Lipinski definition) is 1. The summed E-state index contributed by atoms with van der Waals surface area (Å²) in [6.07, 6.45) is 5.33. The summed E-state index contributed by atoms with van der Waals surface area (Å²) >= 11 is 3.66. The second-order valence-electron chi connectivity index (χ2n) is 4.99. The molecule has 0 radical (unpaired) electrons. The van der Waals surface area contributed by atoms with Gasteiger partial charge in [-0.05, 0) is 50.3 Å². The van der Waals surface area contributed by atoms with Gasteiger partial charge in [-0.2, -0.15) is 0 Å². The molecule has 0 aliphatic carbocycles. The lowest BCUT2D eigenvalue weighted by atomic mass is 9.92. The molecule has 1 heterocycles. The molecule has 1 saturated heterocycles. The first-order chi connectivity index (χ1) is 8.81. The van der Waals surface area contributed by atoms with Crippen LogP contribution in [0.3, 0.4) is 0 Å². The van der Waals surface area contributed by atoms with Gasteiger partial charge in [0.05, 0.1) is 6.10 Å². The van der Waals surface area contributed by atoms with Crippen LogP contribution in [0, 0.1) is 0 Å². The number of ether oxygens (including phenoxy) is 1. The second kappa shape index (κ2) is 7.27. The largest absolute Gasteiger partial charge is 0.378 e. The fraction of sp³-hybridized carbons (Fsp3) is 0.600. The van der Waals surface area contributed by atoms with Gasteiger partial charge in [-0.3, -0.25) is 0 Å². The Labute approximate surface area is 118 Å². The molecule has 1 fully saturated rings. The lowest BCUT2D eigenvalue weighted by Crippen LogP contribution is -2.19. The topological polar surface area (TPSA) is 21.3 Å². The van der Waals surface area contributed by atoms with Crippen LogP contribution in [0.25, 0.3) is 0 Å². The Hall–Kier alpha value is -0.380. The van der Waals surface area contributed by atoms with Gasteiger partial charge in [-0.25, -0.2) is 0 Å². The van der Waals surface area contributed by atoms with E-state index in [9.17, 15) is 0 Å². The van der Waals surface area contributed by atoms with Crippen molar-refractivity contribution >= 4 is 15.9 Å². The number of hydrogen-bond acceptors (Lipinski definition) is 2. The van der Waals surface area contributed by atoms with Crippen LogP contribution in [0.5, 0.6) is 0 Å². The van der Waals surface area contributed by atoms with Crippen LogP contribution < -0.4 is 5.32 Å². The number of likely N-dealkylation sites (N-methyl/N-ethyl adjacent to an activating group) is 1. The lowest BCUT2D eigenvalue weighted by Gasteiger charge is -2.20. The van der Waals surface area contributed by atoms with Crippen LogP contribution >= 0.6 is 15.9 Å². The third-order valence-electron chi connectivity index (χ3n) is 3.66. The SMILES string of the molecule is CNCC(CCC1CCCO1)c1ccccc1Br. The molecule has 2 unspecified atom stereocenters. The summed E-state index contributed by atoms with van der Waals surface area (Å²) in [6.45, 7) is 1.98. The lowest BCUT2D eigenvalue weighted by molar-refractivity contribution is 0.101. The highest BCUT2D eigenvalue weighted by Crippen LogP contribution is 2.30. The van der Waals surface area contributed by atoms with E-state index in [1.807, 2.05) is 7.05 Å². The standard InChI is InChI=1S/C15H22BrNO/c1-17-11-12(8-9-13-5-4-10-18-13)14-6-2-3-7-15(14)16/h2-3,6-7,12-13,17H,4-5,8-11H2,1H3. The van der Waals surface area contributed by atoms with Gasteiger partial charge in [-0.1, -0.05) is 34.1 Å². The summed E-state index contributed by atoms with van der Waals surface area (Å²) in [6, 6.07) is 8.55. The number of halogens is 1. The summed E-state index contributed by atoms with van der Waals surface area (Å²) in [7, 11) is 2.02. The summed E-state index contributed by atoms with van der Waals surface area (Å²) in [5.74, 6) is 0.565. The van der Waals surface area contributed by atoms with Gasteiger partial charge in [0.1, 0.15) is 0 Å².